The van der Waals surface area contributed by atoms with Crippen molar-refractivity contribution in [2.75, 3.05) is 29.9 Å². The van der Waals surface area contributed by atoms with Gasteiger partial charge in [-0.1, -0.05) is 6.07 Å². The van der Waals surface area contributed by atoms with Gasteiger partial charge in [-0.25, -0.2) is 19.4 Å². The third-order valence-electron chi connectivity index (χ3n) is 11.7. The predicted molar refractivity (Wildman–Crippen MR) is 188 cm³/mol. The molecule has 3 aromatic heterocycles. The first-order valence-corrected chi connectivity index (χ1v) is 18.5. The fourth-order valence-corrected chi connectivity index (χ4v) is 10.4. The summed E-state index contributed by atoms with van der Waals surface area (Å²) in [6, 6.07) is 8.31. The number of hydrogen-bond donors (Lipinski definition) is 2. The van der Waals surface area contributed by atoms with E-state index in [1.54, 1.807) is 22.9 Å². The number of nitrogens with one attached hydrogen (secondary N) is 2. The first-order chi connectivity index (χ1) is 22.2. The fraction of sp³-hybridized carbons (Fsp3) is 0.562. The molecule has 11 nitrogen and oxygen atoms in total. The average Bonchev–Trinajstić information content (AvgIpc) is 3.97. The smallest absolute Gasteiger partial charge is 0.281 e. The van der Waals surface area contributed by atoms with Crippen molar-refractivity contribution in [1.82, 2.24) is 24.5 Å². The Morgan fingerprint density at radius 2 is 1.81 bits per heavy atom. The highest BCUT2D eigenvalue weighted by atomic mass is 32.2. The van der Waals surface area contributed by atoms with Crippen LogP contribution in [0.1, 0.15) is 69.2 Å². The van der Waals surface area contributed by atoms with Gasteiger partial charge in [-0.15, -0.1) is 5.10 Å². The standard InChI is InChI=1S/C32H42B3N7O4S/c1-29(2)16-19-4-3-14-36-25-21(33)6-8-24(38-25)47(44,45)40-27(43)20-5-7-22(37-26(20)41(29)17-19)42-15-9-23(39-42)46-18-32(34,35)28-30(10-11-30)31(28)12-13-31/h5-9,15,19,28H,3-4,10-14,16-18,33-35H2,1-2H3,(H,36,38)(H,40,43)/t19-/m0/s1. The maximum absolute atomic E-state index is 13.8. The highest BCUT2D eigenvalue weighted by molar-refractivity contribution is 7.90. The van der Waals surface area contributed by atoms with Crippen LogP contribution in [0.5, 0.6) is 5.88 Å². The zero-order chi connectivity index (χ0) is 33.0. The number of rotatable bonds is 5. The molecular formula is C32H42B3N7O4S. The molecule has 1 atom stereocenters. The number of aromatic nitrogens is 4. The number of ether oxygens (including phenoxy) is 1. The molecule has 15 heteroatoms. The van der Waals surface area contributed by atoms with Gasteiger partial charge in [-0.05, 0) is 110 Å². The lowest BCUT2D eigenvalue weighted by Crippen LogP contribution is -2.41. The molecule has 8 rings (SSSR count). The summed E-state index contributed by atoms with van der Waals surface area (Å²) in [4.78, 5) is 25.2. The Balaban J connectivity index is 1.09. The quantitative estimate of drug-likeness (QED) is 0.385. The van der Waals surface area contributed by atoms with Gasteiger partial charge in [0.1, 0.15) is 35.2 Å². The van der Waals surface area contributed by atoms with Crippen LogP contribution in [0.15, 0.2) is 41.6 Å². The number of carbonyl (C=O) groups is 1. The topological polar surface area (TPSA) is 131 Å². The minimum absolute atomic E-state index is 0.0840. The van der Waals surface area contributed by atoms with Crippen LogP contribution in [0.25, 0.3) is 5.82 Å². The second kappa shape index (κ2) is 10.3. The van der Waals surface area contributed by atoms with Gasteiger partial charge >= 0.3 is 0 Å². The Kier molecular flexibility index (Phi) is 6.73. The maximum Gasteiger partial charge on any atom is 0.281 e. The number of hydrogen-bond acceptors (Lipinski definition) is 9. The lowest BCUT2D eigenvalue weighted by atomic mass is 9.51. The predicted octanol–water partition coefficient (Wildman–Crippen LogP) is 0.801. The van der Waals surface area contributed by atoms with E-state index in [4.69, 9.17) is 14.8 Å². The van der Waals surface area contributed by atoms with Gasteiger partial charge in [-0.2, -0.15) is 8.42 Å². The van der Waals surface area contributed by atoms with Crippen LogP contribution < -0.4 is 25.1 Å². The van der Waals surface area contributed by atoms with E-state index in [1.807, 2.05) is 20.1 Å². The van der Waals surface area contributed by atoms with Crippen molar-refractivity contribution in [2.24, 2.45) is 22.7 Å². The minimum atomic E-state index is -4.25. The van der Waals surface area contributed by atoms with Gasteiger partial charge in [0.15, 0.2) is 10.8 Å². The third-order valence-corrected chi connectivity index (χ3v) is 13.0. The zero-order valence-electron chi connectivity index (χ0n) is 28.0. The molecule has 0 unspecified atom stereocenters. The first kappa shape index (κ1) is 30.8. The van der Waals surface area contributed by atoms with Gasteiger partial charge in [0.05, 0.1) is 12.2 Å². The Morgan fingerprint density at radius 1 is 1.06 bits per heavy atom. The molecule has 244 valence electrons. The van der Waals surface area contributed by atoms with E-state index in [9.17, 15) is 13.2 Å². The van der Waals surface area contributed by atoms with Gasteiger partial charge in [-0.3, -0.25) is 4.79 Å². The van der Waals surface area contributed by atoms with Crippen molar-refractivity contribution in [3.63, 3.8) is 0 Å². The van der Waals surface area contributed by atoms with E-state index < -0.39 is 15.9 Å². The van der Waals surface area contributed by atoms with Crippen molar-refractivity contribution in [3.8, 4) is 11.7 Å². The van der Waals surface area contributed by atoms with Crippen molar-refractivity contribution < 1.29 is 17.9 Å². The minimum Gasteiger partial charge on any atom is -0.478 e. The van der Waals surface area contributed by atoms with Crippen LogP contribution in [0.2, 0.25) is 5.21 Å². The van der Waals surface area contributed by atoms with E-state index in [0.29, 0.717) is 59.8 Å². The summed E-state index contributed by atoms with van der Waals surface area (Å²) in [6.07, 6.45) is 10.1. The molecule has 2 N–H and O–H groups in total. The molecular weight excluding hydrogens is 611 g/mol. The molecule has 4 bridgehead atoms. The fourth-order valence-electron chi connectivity index (χ4n) is 9.50. The van der Waals surface area contributed by atoms with Crippen LogP contribution in [0, 0.1) is 22.7 Å². The lowest BCUT2D eigenvalue weighted by molar-refractivity contribution is 0.0981. The van der Waals surface area contributed by atoms with Crippen molar-refractivity contribution >= 4 is 56.6 Å². The molecule has 0 radical (unpaired) electrons. The molecule has 3 saturated carbocycles. The third kappa shape index (κ3) is 5.06. The number of anilines is 2. The lowest BCUT2D eigenvalue weighted by Gasteiger charge is -2.34. The molecule has 2 aliphatic heterocycles. The second-order valence-electron chi connectivity index (χ2n) is 16.0. The monoisotopic (exact) mass is 653 g/mol. The van der Waals surface area contributed by atoms with E-state index in [-0.39, 0.29) is 21.3 Å². The van der Waals surface area contributed by atoms with Crippen LogP contribution in [-0.2, 0) is 10.0 Å². The van der Waals surface area contributed by atoms with Gasteiger partial charge in [0, 0.05) is 30.9 Å². The summed E-state index contributed by atoms with van der Waals surface area (Å²) in [6.45, 7) is 6.29. The average molecular weight is 653 g/mol. The number of amides is 1. The van der Waals surface area contributed by atoms with E-state index in [2.05, 4.69) is 49.5 Å². The molecule has 3 aromatic rings. The molecule has 1 amide bonds. The van der Waals surface area contributed by atoms with Crippen LogP contribution in [-0.4, -0.2) is 82.8 Å². The number of pyridine rings is 2. The summed E-state index contributed by atoms with van der Waals surface area (Å²) in [5.41, 5.74) is 1.92. The Labute approximate surface area is 279 Å². The molecule has 47 heavy (non-hydrogen) atoms. The molecule has 5 aliphatic rings. The molecule has 3 aliphatic carbocycles. The van der Waals surface area contributed by atoms with Gasteiger partial charge < -0.3 is 15.0 Å². The normalized spacial score (nSPS) is 24.9. The Hall–Kier alpha value is -3.48. The van der Waals surface area contributed by atoms with Crippen LogP contribution in [0.4, 0.5) is 11.6 Å². The number of carbonyl (C=O) groups excluding carboxylic acids is 1. The van der Waals surface area contributed by atoms with E-state index in [0.717, 1.165) is 30.6 Å². The van der Waals surface area contributed by atoms with Gasteiger partial charge in [0.2, 0.25) is 5.88 Å². The molecule has 2 spiro atoms. The summed E-state index contributed by atoms with van der Waals surface area (Å²) >= 11 is 0. The molecule has 0 aromatic carbocycles. The van der Waals surface area contributed by atoms with Crippen LogP contribution in [0.3, 0.4) is 0 Å². The Morgan fingerprint density at radius 3 is 2.53 bits per heavy atom. The highest BCUT2D eigenvalue weighted by Crippen LogP contribution is 2.95. The number of fused-ring (bicyclic) bond motifs is 7. The van der Waals surface area contributed by atoms with Crippen molar-refractivity contribution in [2.45, 2.75) is 74.6 Å². The largest absolute Gasteiger partial charge is 0.478 e. The van der Waals surface area contributed by atoms with Gasteiger partial charge in [0.25, 0.3) is 15.9 Å². The number of sulfonamides is 1. The first-order valence-electron chi connectivity index (χ1n) is 17.0. The highest BCUT2D eigenvalue weighted by Gasteiger charge is 2.88. The maximum atomic E-state index is 13.8. The van der Waals surface area contributed by atoms with E-state index in [1.165, 1.54) is 31.7 Å². The summed E-state index contributed by atoms with van der Waals surface area (Å²) in [7, 11) is 2.30. The van der Waals surface area contributed by atoms with Crippen LogP contribution >= 0.6 is 0 Å². The second-order valence-corrected chi connectivity index (χ2v) is 17.6. The Bertz CT molecular complexity index is 1870. The van der Waals surface area contributed by atoms with E-state index >= 15 is 0 Å². The SMILES string of the molecule is Bc1ccc2nc1NCCC[C@@H]1CN(c3nc(-n4ccc(OCC(B)(B)C5C6(CC6)C56CC6)n4)ccc3C(=O)NS2(=O)=O)C(C)(C)C1. The number of nitrogens with zero attached hydrogens (tertiary/aromatic N) is 5. The zero-order valence-corrected chi connectivity index (χ0v) is 28.8. The molecule has 1 saturated heterocycles. The molecule has 5 heterocycles. The molecule has 4 fully saturated rings. The van der Waals surface area contributed by atoms with Crippen molar-refractivity contribution in [3.05, 3.63) is 42.1 Å². The summed E-state index contributed by atoms with van der Waals surface area (Å²) < 4.78 is 37.0. The summed E-state index contributed by atoms with van der Waals surface area (Å²) in [5, 5.41) is 7.89. The summed E-state index contributed by atoms with van der Waals surface area (Å²) in [5.74, 6) is 2.37. The van der Waals surface area contributed by atoms with Crippen molar-refractivity contribution in [1.29, 1.82) is 0 Å².